The SMILES string of the molecule is COC(=O)/C=C1\CC[C@@]2(CCOC3CCCCO3)OC[C@H](c3ccccc3)N12. The standard InChI is InChI=1S/C22H29NO5/c1-25-20(24)15-18-10-11-22(12-14-27-21-9-5-6-13-26-21)23(18)19(16-28-22)17-7-3-2-4-8-17/h2-4,7-8,15,19,21H,5-6,9-14,16H2,1H3/b18-15+/t19-,21?,22+/m1/s1. The molecule has 1 aromatic rings. The van der Waals surface area contributed by atoms with Gasteiger partial charge in [-0.25, -0.2) is 4.79 Å². The third kappa shape index (κ3) is 3.95. The van der Waals surface area contributed by atoms with Gasteiger partial charge in [0.1, 0.15) is 5.72 Å². The van der Waals surface area contributed by atoms with E-state index in [1.165, 1.54) is 12.7 Å². The lowest BCUT2D eigenvalue weighted by molar-refractivity contribution is -0.175. The molecule has 152 valence electrons. The predicted octanol–water partition coefficient (Wildman–Crippen LogP) is 3.54. The fraction of sp³-hybridized carbons (Fsp3) is 0.591. The molecular weight excluding hydrogens is 358 g/mol. The molecule has 0 bridgehead atoms. The number of carbonyl (C=O) groups is 1. The highest BCUT2D eigenvalue weighted by atomic mass is 16.7. The zero-order valence-corrected chi connectivity index (χ0v) is 16.5. The van der Waals surface area contributed by atoms with Crippen molar-refractivity contribution in [1.29, 1.82) is 0 Å². The molecule has 1 unspecified atom stereocenters. The summed E-state index contributed by atoms with van der Waals surface area (Å²) < 4.78 is 22.9. The molecule has 0 amide bonds. The molecule has 6 heteroatoms. The lowest BCUT2D eigenvalue weighted by Crippen LogP contribution is -2.41. The maximum Gasteiger partial charge on any atom is 0.332 e. The minimum atomic E-state index is -0.435. The van der Waals surface area contributed by atoms with E-state index in [1.54, 1.807) is 6.08 Å². The van der Waals surface area contributed by atoms with Crippen molar-refractivity contribution in [3.63, 3.8) is 0 Å². The summed E-state index contributed by atoms with van der Waals surface area (Å²) in [6, 6.07) is 10.4. The second kappa shape index (κ2) is 8.64. The van der Waals surface area contributed by atoms with Crippen LogP contribution in [-0.4, -0.2) is 49.8 Å². The molecule has 4 rings (SSSR count). The van der Waals surface area contributed by atoms with E-state index in [4.69, 9.17) is 18.9 Å². The van der Waals surface area contributed by atoms with Crippen molar-refractivity contribution in [3.8, 4) is 0 Å². The second-order valence-electron chi connectivity index (χ2n) is 7.63. The van der Waals surface area contributed by atoms with Gasteiger partial charge in [0.2, 0.25) is 0 Å². The van der Waals surface area contributed by atoms with E-state index in [-0.39, 0.29) is 18.3 Å². The highest BCUT2D eigenvalue weighted by Crippen LogP contribution is 2.50. The van der Waals surface area contributed by atoms with Gasteiger partial charge in [-0.2, -0.15) is 0 Å². The lowest BCUT2D eigenvalue weighted by atomic mass is 10.0. The van der Waals surface area contributed by atoms with Crippen molar-refractivity contribution in [2.45, 2.75) is 56.6 Å². The van der Waals surface area contributed by atoms with E-state index >= 15 is 0 Å². The molecule has 28 heavy (non-hydrogen) atoms. The van der Waals surface area contributed by atoms with Crippen LogP contribution in [0.4, 0.5) is 0 Å². The van der Waals surface area contributed by atoms with Crippen molar-refractivity contribution in [3.05, 3.63) is 47.7 Å². The van der Waals surface area contributed by atoms with E-state index in [1.807, 2.05) is 18.2 Å². The Morgan fingerprint density at radius 1 is 1.32 bits per heavy atom. The van der Waals surface area contributed by atoms with Gasteiger partial charge in [0.05, 0.1) is 26.4 Å². The van der Waals surface area contributed by atoms with Crippen LogP contribution in [0.1, 0.15) is 50.1 Å². The number of carbonyl (C=O) groups excluding carboxylic acids is 1. The average molecular weight is 387 g/mol. The first-order chi connectivity index (χ1) is 13.7. The Bertz CT molecular complexity index is 700. The van der Waals surface area contributed by atoms with E-state index in [0.29, 0.717) is 13.2 Å². The normalized spacial score (nSPS) is 31.2. The number of methoxy groups -OCH3 is 1. The van der Waals surface area contributed by atoms with Crippen molar-refractivity contribution in [1.82, 2.24) is 4.90 Å². The van der Waals surface area contributed by atoms with Crippen LogP contribution in [0.3, 0.4) is 0 Å². The second-order valence-corrected chi connectivity index (χ2v) is 7.63. The number of nitrogens with zero attached hydrogens (tertiary/aromatic N) is 1. The van der Waals surface area contributed by atoms with Crippen LogP contribution >= 0.6 is 0 Å². The zero-order chi connectivity index (χ0) is 19.4. The first-order valence-corrected chi connectivity index (χ1v) is 10.2. The first kappa shape index (κ1) is 19.4. The Kier molecular flexibility index (Phi) is 5.99. The van der Waals surface area contributed by atoms with Gasteiger partial charge in [-0.3, -0.25) is 0 Å². The minimum Gasteiger partial charge on any atom is -0.466 e. The average Bonchev–Trinajstić information content (AvgIpc) is 3.27. The van der Waals surface area contributed by atoms with Gasteiger partial charge < -0.3 is 23.8 Å². The largest absolute Gasteiger partial charge is 0.466 e. The fourth-order valence-corrected chi connectivity index (χ4v) is 4.53. The van der Waals surface area contributed by atoms with Crippen LogP contribution in [-0.2, 0) is 23.7 Å². The Morgan fingerprint density at radius 2 is 2.18 bits per heavy atom. The van der Waals surface area contributed by atoms with Crippen molar-refractivity contribution < 1.29 is 23.7 Å². The minimum absolute atomic E-state index is 0.0885. The highest BCUT2D eigenvalue weighted by molar-refractivity contribution is 5.82. The highest BCUT2D eigenvalue weighted by Gasteiger charge is 2.52. The van der Waals surface area contributed by atoms with Crippen LogP contribution in [0.2, 0.25) is 0 Å². The molecule has 0 radical (unpaired) electrons. The van der Waals surface area contributed by atoms with Crippen molar-refractivity contribution >= 4 is 5.97 Å². The number of hydrogen-bond acceptors (Lipinski definition) is 6. The quantitative estimate of drug-likeness (QED) is 0.550. The molecule has 0 aliphatic carbocycles. The molecule has 0 aromatic heterocycles. The van der Waals surface area contributed by atoms with Crippen LogP contribution in [0.5, 0.6) is 0 Å². The van der Waals surface area contributed by atoms with Gasteiger partial charge in [-0.05, 0) is 31.2 Å². The van der Waals surface area contributed by atoms with Crippen LogP contribution < -0.4 is 0 Å². The van der Waals surface area contributed by atoms with Gasteiger partial charge in [0, 0.05) is 31.2 Å². The van der Waals surface area contributed by atoms with Crippen molar-refractivity contribution in [2.75, 3.05) is 26.9 Å². The molecule has 0 saturated carbocycles. The first-order valence-electron chi connectivity index (χ1n) is 10.2. The number of fused-ring (bicyclic) bond motifs is 1. The number of hydrogen-bond donors (Lipinski definition) is 0. The molecule has 3 aliphatic rings. The third-order valence-corrected chi connectivity index (χ3v) is 5.95. The zero-order valence-electron chi connectivity index (χ0n) is 16.5. The third-order valence-electron chi connectivity index (χ3n) is 5.95. The number of rotatable bonds is 6. The molecule has 0 N–H and O–H groups in total. The summed E-state index contributed by atoms with van der Waals surface area (Å²) in [5.74, 6) is -0.323. The molecule has 3 fully saturated rings. The molecule has 6 nitrogen and oxygen atoms in total. The topological polar surface area (TPSA) is 57.2 Å². The molecule has 3 aliphatic heterocycles. The monoisotopic (exact) mass is 387 g/mol. The van der Waals surface area contributed by atoms with E-state index < -0.39 is 5.72 Å². The fourth-order valence-electron chi connectivity index (χ4n) is 4.53. The van der Waals surface area contributed by atoms with Gasteiger partial charge in [-0.15, -0.1) is 0 Å². The molecule has 0 spiro atoms. The maximum atomic E-state index is 11.9. The molecule has 1 aromatic carbocycles. The van der Waals surface area contributed by atoms with E-state index in [9.17, 15) is 4.79 Å². The summed E-state index contributed by atoms with van der Waals surface area (Å²) in [5, 5.41) is 0. The Morgan fingerprint density at radius 3 is 2.93 bits per heavy atom. The maximum absolute atomic E-state index is 11.9. The summed E-state index contributed by atoms with van der Waals surface area (Å²) in [7, 11) is 1.41. The van der Waals surface area contributed by atoms with Crippen molar-refractivity contribution in [2.24, 2.45) is 0 Å². The summed E-state index contributed by atoms with van der Waals surface area (Å²) >= 11 is 0. The number of esters is 1. The van der Waals surface area contributed by atoms with Crippen LogP contribution in [0.15, 0.2) is 42.1 Å². The molecule has 3 atom stereocenters. The lowest BCUT2D eigenvalue weighted by Gasteiger charge is -2.36. The molecule has 3 saturated heterocycles. The number of ether oxygens (including phenoxy) is 4. The van der Waals surface area contributed by atoms with Gasteiger partial charge in [0.15, 0.2) is 6.29 Å². The number of allylic oxidation sites excluding steroid dienone is 1. The van der Waals surface area contributed by atoms with Gasteiger partial charge in [-0.1, -0.05) is 30.3 Å². The Labute approximate surface area is 166 Å². The van der Waals surface area contributed by atoms with Gasteiger partial charge >= 0.3 is 5.97 Å². The molecular formula is C22H29NO5. The Hall–Kier alpha value is -1.89. The van der Waals surface area contributed by atoms with E-state index in [0.717, 1.165) is 50.8 Å². The Balaban J connectivity index is 1.51. The smallest absolute Gasteiger partial charge is 0.332 e. The predicted molar refractivity (Wildman–Crippen MR) is 103 cm³/mol. The number of benzene rings is 1. The van der Waals surface area contributed by atoms with E-state index in [2.05, 4.69) is 17.0 Å². The van der Waals surface area contributed by atoms with Crippen LogP contribution in [0, 0.1) is 0 Å². The summed E-state index contributed by atoms with van der Waals surface area (Å²) in [6.07, 6.45) is 7.11. The molecule has 3 heterocycles. The summed E-state index contributed by atoms with van der Waals surface area (Å²) in [4.78, 5) is 14.2. The van der Waals surface area contributed by atoms with Crippen LogP contribution in [0.25, 0.3) is 0 Å². The summed E-state index contributed by atoms with van der Waals surface area (Å²) in [6.45, 7) is 1.96. The summed E-state index contributed by atoms with van der Waals surface area (Å²) in [5.41, 5.74) is 1.74. The van der Waals surface area contributed by atoms with Gasteiger partial charge in [0.25, 0.3) is 0 Å².